The molecule has 0 amide bonds. The first-order valence-corrected chi connectivity index (χ1v) is 5.81. The lowest BCUT2D eigenvalue weighted by Crippen LogP contribution is -2.47. The Morgan fingerprint density at radius 3 is 2.53 bits per heavy atom. The van der Waals surface area contributed by atoms with Crippen LogP contribution >= 0.6 is 0 Å². The van der Waals surface area contributed by atoms with Gasteiger partial charge in [-0.15, -0.1) is 0 Å². The molecule has 0 aromatic carbocycles. The minimum Gasteiger partial charge on any atom is -0.480 e. The summed E-state index contributed by atoms with van der Waals surface area (Å²) in [6.07, 6.45) is 4.23. The number of hydrogen-bond donors (Lipinski definition) is 1. The van der Waals surface area contributed by atoms with Crippen molar-refractivity contribution in [3.8, 4) is 0 Å². The van der Waals surface area contributed by atoms with Crippen molar-refractivity contribution in [2.45, 2.75) is 50.9 Å². The molecule has 0 bridgehead atoms. The molecule has 15 heavy (non-hydrogen) atoms. The Morgan fingerprint density at radius 2 is 2.07 bits per heavy atom. The smallest absolute Gasteiger partial charge is 0.323 e. The van der Waals surface area contributed by atoms with Crippen LogP contribution in [0.1, 0.15) is 32.6 Å². The third-order valence-corrected chi connectivity index (χ3v) is 3.40. The molecule has 2 aliphatic rings. The molecule has 86 valence electrons. The van der Waals surface area contributed by atoms with Crippen molar-refractivity contribution in [3.63, 3.8) is 0 Å². The third-order valence-electron chi connectivity index (χ3n) is 3.40. The topological polar surface area (TPSA) is 49.8 Å². The minimum absolute atomic E-state index is 0.101. The van der Waals surface area contributed by atoms with Gasteiger partial charge in [0.1, 0.15) is 6.04 Å². The van der Waals surface area contributed by atoms with Gasteiger partial charge in [0.05, 0.1) is 12.2 Å². The van der Waals surface area contributed by atoms with Crippen LogP contribution in [0.25, 0.3) is 0 Å². The van der Waals surface area contributed by atoms with Crippen LogP contribution in [-0.4, -0.2) is 47.3 Å². The number of rotatable bonds is 3. The predicted octanol–water partition coefficient (Wildman–Crippen LogP) is 1.10. The molecule has 2 saturated heterocycles. The molecule has 1 N–H and O–H groups in total. The first-order chi connectivity index (χ1) is 7.18. The summed E-state index contributed by atoms with van der Waals surface area (Å²) in [5, 5.41) is 9.26. The van der Waals surface area contributed by atoms with Gasteiger partial charge in [-0.3, -0.25) is 9.69 Å². The van der Waals surface area contributed by atoms with Gasteiger partial charge in [0.25, 0.3) is 0 Å². The maximum atomic E-state index is 11.3. The summed E-state index contributed by atoms with van der Waals surface area (Å²) in [5.74, 6) is -0.726. The minimum atomic E-state index is -0.726. The standard InChI is InChI=1S/C11H19NO3/c1-8-4-5-9(15-8)10(11(13)14)12-6-2-3-7-12/h8-10H,2-7H2,1H3,(H,13,14). The molecule has 0 aromatic heterocycles. The van der Waals surface area contributed by atoms with E-state index in [0.717, 1.165) is 38.8 Å². The van der Waals surface area contributed by atoms with Crippen molar-refractivity contribution < 1.29 is 14.6 Å². The molecule has 2 heterocycles. The molecule has 3 atom stereocenters. The van der Waals surface area contributed by atoms with Crippen molar-refractivity contribution in [1.29, 1.82) is 0 Å². The van der Waals surface area contributed by atoms with Crippen LogP contribution in [-0.2, 0) is 9.53 Å². The zero-order valence-corrected chi connectivity index (χ0v) is 9.19. The first kappa shape index (κ1) is 10.9. The second-order valence-corrected chi connectivity index (χ2v) is 4.59. The van der Waals surface area contributed by atoms with E-state index in [1.54, 1.807) is 0 Å². The third kappa shape index (κ3) is 2.32. The molecule has 3 unspecified atom stereocenters. The van der Waals surface area contributed by atoms with Crippen molar-refractivity contribution in [3.05, 3.63) is 0 Å². The fourth-order valence-electron chi connectivity index (χ4n) is 2.64. The van der Waals surface area contributed by atoms with E-state index < -0.39 is 12.0 Å². The Balaban J connectivity index is 2.02. The highest BCUT2D eigenvalue weighted by Gasteiger charge is 2.39. The van der Waals surface area contributed by atoms with Crippen LogP contribution in [0.3, 0.4) is 0 Å². The fraction of sp³-hybridized carbons (Fsp3) is 0.909. The molecule has 0 saturated carbocycles. The second kappa shape index (κ2) is 4.49. The Kier molecular flexibility index (Phi) is 3.26. The number of likely N-dealkylation sites (tertiary alicyclic amines) is 1. The Bertz CT molecular complexity index is 238. The molecule has 0 spiro atoms. The normalized spacial score (nSPS) is 34.5. The lowest BCUT2D eigenvalue weighted by atomic mass is 10.1. The zero-order valence-electron chi connectivity index (χ0n) is 9.19. The van der Waals surface area contributed by atoms with Crippen LogP contribution in [0.2, 0.25) is 0 Å². The Morgan fingerprint density at radius 1 is 1.40 bits per heavy atom. The lowest BCUT2D eigenvalue weighted by molar-refractivity contribution is -0.148. The van der Waals surface area contributed by atoms with Gasteiger partial charge in [-0.2, -0.15) is 0 Å². The summed E-state index contributed by atoms with van der Waals surface area (Å²) in [4.78, 5) is 13.3. The van der Waals surface area contributed by atoms with Gasteiger partial charge in [-0.05, 0) is 45.7 Å². The van der Waals surface area contributed by atoms with Crippen LogP contribution in [0.4, 0.5) is 0 Å². The van der Waals surface area contributed by atoms with E-state index in [1.807, 2.05) is 6.92 Å². The summed E-state index contributed by atoms with van der Waals surface area (Å²) in [6.45, 7) is 3.83. The van der Waals surface area contributed by atoms with Crippen LogP contribution in [0.15, 0.2) is 0 Å². The van der Waals surface area contributed by atoms with Crippen molar-refractivity contribution in [1.82, 2.24) is 4.90 Å². The molecule has 2 aliphatic heterocycles. The van der Waals surface area contributed by atoms with E-state index >= 15 is 0 Å². The summed E-state index contributed by atoms with van der Waals surface area (Å²) in [7, 11) is 0. The van der Waals surface area contributed by atoms with Crippen molar-refractivity contribution >= 4 is 5.97 Å². The van der Waals surface area contributed by atoms with Crippen molar-refractivity contribution in [2.24, 2.45) is 0 Å². The molecular formula is C11H19NO3. The van der Waals surface area contributed by atoms with E-state index in [1.165, 1.54) is 0 Å². The van der Waals surface area contributed by atoms with Crippen LogP contribution in [0.5, 0.6) is 0 Å². The van der Waals surface area contributed by atoms with E-state index in [-0.39, 0.29) is 12.2 Å². The molecule has 0 aromatic rings. The second-order valence-electron chi connectivity index (χ2n) is 4.59. The number of carboxylic acids is 1. The maximum Gasteiger partial charge on any atom is 0.323 e. The summed E-state index contributed by atoms with van der Waals surface area (Å²) in [5.41, 5.74) is 0. The fourth-order valence-corrected chi connectivity index (χ4v) is 2.64. The molecule has 0 aliphatic carbocycles. The van der Waals surface area contributed by atoms with Gasteiger partial charge in [0, 0.05) is 0 Å². The van der Waals surface area contributed by atoms with Gasteiger partial charge >= 0.3 is 5.97 Å². The van der Waals surface area contributed by atoms with Gasteiger partial charge in [-0.25, -0.2) is 0 Å². The first-order valence-electron chi connectivity index (χ1n) is 5.81. The molecule has 2 rings (SSSR count). The highest BCUT2D eigenvalue weighted by molar-refractivity contribution is 5.74. The average molecular weight is 213 g/mol. The van der Waals surface area contributed by atoms with E-state index in [9.17, 15) is 9.90 Å². The molecule has 0 radical (unpaired) electrons. The molecular weight excluding hydrogens is 194 g/mol. The monoisotopic (exact) mass is 213 g/mol. The van der Waals surface area contributed by atoms with Crippen LogP contribution in [0, 0.1) is 0 Å². The van der Waals surface area contributed by atoms with Gasteiger partial charge in [0.15, 0.2) is 0 Å². The number of aliphatic carboxylic acids is 1. The van der Waals surface area contributed by atoms with Gasteiger partial charge in [-0.1, -0.05) is 0 Å². The largest absolute Gasteiger partial charge is 0.480 e. The lowest BCUT2D eigenvalue weighted by Gasteiger charge is -2.28. The predicted molar refractivity (Wildman–Crippen MR) is 55.8 cm³/mol. The van der Waals surface area contributed by atoms with Crippen molar-refractivity contribution in [2.75, 3.05) is 13.1 Å². The highest BCUT2D eigenvalue weighted by atomic mass is 16.5. The molecule has 4 nitrogen and oxygen atoms in total. The quantitative estimate of drug-likeness (QED) is 0.762. The molecule has 4 heteroatoms. The maximum absolute atomic E-state index is 11.3. The van der Waals surface area contributed by atoms with Crippen LogP contribution < -0.4 is 0 Å². The Labute approximate surface area is 90.2 Å². The SMILES string of the molecule is CC1CCC(C(C(=O)O)N2CCCC2)O1. The highest BCUT2D eigenvalue weighted by Crippen LogP contribution is 2.26. The van der Waals surface area contributed by atoms with E-state index in [2.05, 4.69) is 4.90 Å². The van der Waals surface area contributed by atoms with E-state index in [0.29, 0.717) is 0 Å². The number of nitrogens with zero attached hydrogens (tertiary/aromatic N) is 1. The molecule has 2 fully saturated rings. The number of carboxylic acid groups (broad SMARTS) is 1. The summed E-state index contributed by atoms with van der Waals surface area (Å²) in [6, 6.07) is -0.419. The van der Waals surface area contributed by atoms with Gasteiger partial charge in [0.2, 0.25) is 0 Å². The Hall–Kier alpha value is -0.610. The van der Waals surface area contributed by atoms with E-state index in [4.69, 9.17) is 4.74 Å². The number of carbonyl (C=O) groups is 1. The average Bonchev–Trinajstić information content (AvgIpc) is 2.77. The summed E-state index contributed by atoms with van der Waals surface area (Å²) < 4.78 is 5.67. The number of hydrogen-bond acceptors (Lipinski definition) is 3. The number of ether oxygens (including phenoxy) is 1. The summed E-state index contributed by atoms with van der Waals surface area (Å²) >= 11 is 0. The zero-order chi connectivity index (χ0) is 10.8. The van der Waals surface area contributed by atoms with Gasteiger partial charge < -0.3 is 9.84 Å².